The standard InChI is InChI=1S/C32H44FN5O5/c1-20-5-9-25(39)18-29(40)43-31(21(2)6-10-28(20)42-32(41)37-13-11-36(4)12-14-37)22(3)15-24-16-26(33)30-27(17-24)34-38(35-30)19-23-7-8-23/h6,10,15-17,20-21,23,25,28,31,39H,5,7-9,11-14,18-19H2,1-4H3/b10-6+,22-15+/t20-,21-,25+,28+,31-/m0/s1. The minimum absolute atomic E-state index is 0.0666. The summed E-state index contributed by atoms with van der Waals surface area (Å²) >= 11 is 0. The van der Waals surface area contributed by atoms with Gasteiger partial charge in [-0.15, -0.1) is 0 Å². The van der Waals surface area contributed by atoms with Crippen molar-refractivity contribution in [3.05, 3.63) is 41.2 Å². The summed E-state index contributed by atoms with van der Waals surface area (Å²) in [5, 5.41) is 19.4. The predicted octanol–water partition coefficient (Wildman–Crippen LogP) is 4.42. The number of aliphatic hydroxyl groups is 1. The molecule has 1 saturated carbocycles. The van der Waals surface area contributed by atoms with Gasteiger partial charge in [-0.3, -0.25) is 4.79 Å². The van der Waals surface area contributed by atoms with Crippen molar-refractivity contribution in [2.75, 3.05) is 33.2 Å². The first-order chi connectivity index (χ1) is 20.5. The Hall–Kier alpha value is -3.31. The number of piperazine rings is 1. The molecule has 3 aliphatic rings. The Labute approximate surface area is 252 Å². The number of esters is 1. The summed E-state index contributed by atoms with van der Waals surface area (Å²) in [6.45, 7) is 9.25. The summed E-state index contributed by atoms with van der Waals surface area (Å²) in [4.78, 5) is 31.3. The molecule has 3 heterocycles. The number of likely N-dealkylation sites (N-methyl/N-ethyl adjacent to an activating group) is 1. The molecule has 2 aliphatic heterocycles. The largest absolute Gasteiger partial charge is 0.457 e. The Bertz CT molecular complexity index is 1360. The van der Waals surface area contributed by atoms with Gasteiger partial charge in [-0.25, -0.2) is 9.18 Å². The third kappa shape index (κ3) is 8.20. The molecule has 1 aliphatic carbocycles. The number of halogens is 1. The van der Waals surface area contributed by atoms with E-state index in [9.17, 15) is 14.7 Å². The number of ether oxygens (including phenoxy) is 2. The molecule has 0 unspecified atom stereocenters. The van der Waals surface area contributed by atoms with E-state index in [0.29, 0.717) is 55.0 Å². The van der Waals surface area contributed by atoms with Crippen molar-refractivity contribution in [1.29, 1.82) is 0 Å². The van der Waals surface area contributed by atoms with Gasteiger partial charge in [0.15, 0.2) is 5.82 Å². The first-order valence-electron chi connectivity index (χ1n) is 15.5. The Balaban J connectivity index is 1.37. The lowest BCUT2D eigenvalue weighted by Crippen LogP contribution is -2.48. The van der Waals surface area contributed by atoms with E-state index in [1.54, 1.807) is 21.8 Å². The fraction of sp³-hybridized carbons (Fsp3) is 0.625. The van der Waals surface area contributed by atoms with Crippen LogP contribution in [0.1, 0.15) is 58.4 Å². The van der Waals surface area contributed by atoms with Gasteiger partial charge >= 0.3 is 12.1 Å². The fourth-order valence-electron chi connectivity index (χ4n) is 5.71. The van der Waals surface area contributed by atoms with Crippen LogP contribution in [0.15, 0.2) is 29.9 Å². The maximum Gasteiger partial charge on any atom is 0.410 e. The van der Waals surface area contributed by atoms with Gasteiger partial charge in [0.25, 0.3) is 0 Å². The maximum atomic E-state index is 15.0. The Morgan fingerprint density at radius 3 is 2.58 bits per heavy atom. The summed E-state index contributed by atoms with van der Waals surface area (Å²) < 4.78 is 26.9. The van der Waals surface area contributed by atoms with E-state index in [0.717, 1.165) is 25.9 Å². The van der Waals surface area contributed by atoms with Gasteiger partial charge in [0.05, 0.1) is 19.1 Å². The van der Waals surface area contributed by atoms with Crippen LogP contribution in [-0.2, 0) is 20.8 Å². The van der Waals surface area contributed by atoms with E-state index in [2.05, 4.69) is 15.1 Å². The number of nitrogens with zero attached hydrogens (tertiary/aromatic N) is 5. The second kappa shape index (κ2) is 13.5. The lowest BCUT2D eigenvalue weighted by molar-refractivity contribution is -0.151. The SMILES string of the molecule is C/C(=C\c1cc(F)c2nn(CC3CC3)nc2c1)[C@H]1OC(=O)C[C@H](O)CC[C@H](C)[C@H](OC(=O)N2CCN(C)CC2)/C=C/[C@@H]1C. The van der Waals surface area contributed by atoms with Crippen LogP contribution in [0.4, 0.5) is 9.18 Å². The summed E-state index contributed by atoms with van der Waals surface area (Å²) in [7, 11) is 2.03. The van der Waals surface area contributed by atoms with Gasteiger partial charge in [-0.05, 0) is 80.8 Å². The monoisotopic (exact) mass is 597 g/mol. The summed E-state index contributed by atoms with van der Waals surface area (Å²) in [5.41, 5.74) is 2.02. The Kier molecular flexibility index (Phi) is 9.81. The zero-order valence-electron chi connectivity index (χ0n) is 25.6. The molecule has 2 fully saturated rings. The molecule has 1 N–H and O–H groups in total. The highest BCUT2D eigenvalue weighted by molar-refractivity contribution is 5.78. The zero-order chi connectivity index (χ0) is 30.7. The smallest absolute Gasteiger partial charge is 0.410 e. The number of amides is 1. The fourth-order valence-corrected chi connectivity index (χ4v) is 5.71. The molecule has 1 saturated heterocycles. The lowest BCUT2D eigenvalue weighted by atomic mass is 9.91. The molecule has 1 aromatic carbocycles. The molecular formula is C32H44FN5O5. The van der Waals surface area contributed by atoms with E-state index < -0.39 is 30.1 Å². The van der Waals surface area contributed by atoms with E-state index >= 15 is 4.39 Å². The molecule has 0 bridgehead atoms. The third-order valence-corrected chi connectivity index (χ3v) is 8.72. The molecule has 1 amide bonds. The first-order valence-corrected chi connectivity index (χ1v) is 15.5. The summed E-state index contributed by atoms with van der Waals surface area (Å²) in [6.07, 6.45) is 6.30. The molecular weight excluding hydrogens is 553 g/mol. The van der Waals surface area contributed by atoms with Gasteiger partial charge in [0, 0.05) is 32.1 Å². The normalized spacial score (nSPS) is 29.1. The van der Waals surface area contributed by atoms with Gasteiger partial charge < -0.3 is 24.4 Å². The van der Waals surface area contributed by atoms with Gasteiger partial charge in [-0.2, -0.15) is 15.0 Å². The molecule has 43 heavy (non-hydrogen) atoms. The Morgan fingerprint density at radius 2 is 1.86 bits per heavy atom. The lowest BCUT2D eigenvalue weighted by Gasteiger charge is -2.33. The number of carbonyl (C=O) groups is 2. The number of benzene rings is 1. The average molecular weight is 598 g/mol. The number of fused-ring (bicyclic) bond motifs is 1. The minimum atomic E-state index is -0.873. The predicted molar refractivity (Wildman–Crippen MR) is 160 cm³/mol. The van der Waals surface area contributed by atoms with Gasteiger partial charge in [0.1, 0.15) is 23.2 Å². The van der Waals surface area contributed by atoms with Crippen LogP contribution in [0.2, 0.25) is 0 Å². The van der Waals surface area contributed by atoms with Crippen LogP contribution < -0.4 is 0 Å². The molecule has 1 aromatic heterocycles. The van der Waals surface area contributed by atoms with Crippen molar-refractivity contribution in [2.24, 2.45) is 17.8 Å². The number of cyclic esters (lactones) is 1. The number of hydrogen-bond donors (Lipinski definition) is 1. The van der Waals surface area contributed by atoms with Crippen LogP contribution in [0.5, 0.6) is 0 Å². The molecule has 234 valence electrons. The number of hydrogen-bond acceptors (Lipinski definition) is 8. The van der Waals surface area contributed by atoms with Crippen molar-refractivity contribution in [3.8, 4) is 0 Å². The van der Waals surface area contributed by atoms with E-state index in [1.165, 1.54) is 6.07 Å². The number of aromatic nitrogens is 3. The molecule has 11 heteroatoms. The molecule has 5 rings (SSSR count). The van der Waals surface area contributed by atoms with Gasteiger partial charge in [0.2, 0.25) is 0 Å². The quantitative estimate of drug-likeness (QED) is 0.399. The van der Waals surface area contributed by atoms with Crippen molar-refractivity contribution in [2.45, 2.75) is 77.7 Å². The van der Waals surface area contributed by atoms with Crippen molar-refractivity contribution >= 4 is 29.2 Å². The second-order valence-electron chi connectivity index (χ2n) is 12.7. The number of aliphatic hydroxyl groups excluding tert-OH is 1. The van der Waals surface area contributed by atoms with Crippen LogP contribution in [0.25, 0.3) is 17.1 Å². The van der Waals surface area contributed by atoms with Crippen molar-refractivity contribution in [3.63, 3.8) is 0 Å². The summed E-state index contributed by atoms with van der Waals surface area (Å²) in [6, 6.07) is 3.20. The molecule has 0 spiro atoms. The van der Waals surface area contributed by atoms with E-state index in [4.69, 9.17) is 9.47 Å². The first kappa shape index (κ1) is 31.1. The molecule has 5 atom stereocenters. The minimum Gasteiger partial charge on any atom is -0.457 e. The third-order valence-electron chi connectivity index (χ3n) is 8.72. The van der Waals surface area contributed by atoms with Crippen LogP contribution in [0, 0.1) is 23.6 Å². The second-order valence-corrected chi connectivity index (χ2v) is 12.7. The van der Waals surface area contributed by atoms with Crippen LogP contribution in [-0.4, -0.2) is 93.5 Å². The highest BCUT2D eigenvalue weighted by Gasteiger charge is 2.29. The van der Waals surface area contributed by atoms with Crippen molar-refractivity contribution < 1.29 is 28.6 Å². The Morgan fingerprint density at radius 1 is 1.12 bits per heavy atom. The number of rotatable bonds is 5. The van der Waals surface area contributed by atoms with Crippen LogP contribution >= 0.6 is 0 Å². The summed E-state index contributed by atoms with van der Waals surface area (Å²) in [5.74, 6) is -0.746. The van der Waals surface area contributed by atoms with E-state index in [-0.39, 0.29) is 29.9 Å². The average Bonchev–Trinajstić information content (AvgIpc) is 3.68. The molecule has 2 aromatic rings. The zero-order valence-corrected chi connectivity index (χ0v) is 25.6. The maximum absolute atomic E-state index is 15.0. The van der Waals surface area contributed by atoms with Gasteiger partial charge in [-0.1, -0.05) is 26.0 Å². The highest BCUT2D eigenvalue weighted by Crippen LogP contribution is 2.31. The van der Waals surface area contributed by atoms with Crippen molar-refractivity contribution in [1.82, 2.24) is 24.8 Å². The molecule has 0 radical (unpaired) electrons. The highest BCUT2D eigenvalue weighted by atomic mass is 19.1. The number of carbonyl (C=O) groups excluding carboxylic acids is 2. The van der Waals surface area contributed by atoms with E-state index in [1.807, 2.05) is 40.0 Å². The van der Waals surface area contributed by atoms with Crippen LogP contribution in [0.3, 0.4) is 0 Å². The topological polar surface area (TPSA) is 110 Å². The molecule has 10 nitrogen and oxygen atoms in total.